The lowest BCUT2D eigenvalue weighted by molar-refractivity contribution is -0.142. The number of alkyl halides is 3. The van der Waals surface area contributed by atoms with Crippen LogP contribution >= 0.6 is 0 Å². The summed E-state index contributed by atoms with van der Waals surface area (Å²) in [5, 5.41) is 14.6. The van der Waals surface area contributed by atoms with Crippen LogP contribution in [-0.2, 0) is 33.4 Å². The first-order chi connectivity index (χ1) is 16.9. The molecule has 0 aliphatic carbocycles. The Hall–Kier alpha value is -3.40. The Bertz CT molecular complexity index is 1010. The van der Waals surface area contributed by atoms with Crippen LogP contribution in [-0.4, -0.2) is 41.0 Å². The van der Waals surface area contributed by atoms with Gasteiger partial charge in [-0.2, -0.15) is 13.2 Å². The number of halogens is 3. The van der Waals surface area contributed by atoms with Crippen LogP contribution in [0.1, 0.15) is 43.4 Å². The highest BCUT2D eigenvalue weighted by Crippen LogP contribution is 2.29. The summed E-state index contributed by atoms with van der Waals surface area (Å²) in [7, 11) is 0. The van der Waals surface area contributed by atoms with Gasteiger partial charge in [0.05, 0.1) is 11.6 Å². The van der Waals surface area contributed by atoms with Gasteiger partial charge < -0.3 is 21.5 Å². The molecule has 36 heavy (non-hydrogen) atoms. The van der Waals surface area contributed by atoms with Crippen LogP contribution in [0.3, 0.4) is 0 Å². The van der Waals surface area contributed by atoms with Crippen molar-refractivity contribution in [1.29, 1.82) is 0 Å². The van der Waals surface area contributed by atoms with Gasteiger partial charge in [-0.05, 0) is 48.4 Å². The summed E-state index contributed by atoms with van der Waals surface area (Å²) in [6, 6.07) is 10.3. The summed E-state index contributed by atoms with van der Waals surface area (Å²) in [6.45, 7) is 3.69. The molecule has 5 N–H and O–H groups in total. The van der Waals surface area contributed by atoms with E-state index >= 15 is 0 Å². The van der Waals surface area contributed by atoms with Crippen molar-refractivity contribution < 1.29 is 32.7 Å². The Morgan fingerprint density at radius 3 is 2.00 bits per heavy atom. The van der Waals surface area contributed by atoms with Crippen LogP contribution in [0, 0.1) is 5.92 Å². The normalized spacial score (nSPS) is 14.1. The summed E-state index contributed by atoms with van der Waals surface area (Å²) in [6.07, 6.45) is -3.56. The fourth-order valence-corrected chi connectivity index (χ4v) is 3.62. The van der Waals surface area contributed by atoms with Gasteiger partial charge in [0.15, 0.2) is 0 Å². The van der Waals surface area contributed by atoms with Crippen molar-refractivity contribution in [2.75, 3.05) is 0 Å². The molecular formula is C26H32F3N3O4. The number of carboxylic acid groups (broad SMARTS) is 1. The van der Waals surface area contributed by atoms with Gasteiger partial charge in [0.1, 0.15) is 12.1 Å². The quantitative estimate of drug-likeness (QED) is 0.351. The van der Waals surface area contributed by atoms with E-state index in [1.165, 1.54) is 12.1 Å². The van der Waals surface area contributed by atoms with Crippen molar-refractivity contribution in [3.63, 3.8) is 0 Å². The highest BCUT2D eigenvalue weighted by atomic mass is 19.4. The number of nitrogens with one attached hydrogen (secondary N) is 2. The van der Waals surface area contributed by atoms with Crippen molar-refractivity contribution in [3.8, 4) is 0 Å². The predicted molar refractivity (Wildman–Crippen MR) is 129 cm³/mol. The lowest BCUT2D eigenvalue weighted by atomic mass is 10.00. The number of rotatable bonds is 12. The molecule has 0 heterocycles. The number of nitrogens with two attached hydrogens (primary N) is 1. The molecule has 2 rings (SSSR count). The Balaban J connectivity index is 2.03. The van der Waals surface area contributed by atoms with Crippen molar-refractivity contribution in [2.45, 2.75) is 63.8 Å². The molecule has 0 saturated heterocycles. The second kappa shape index (κ2) is 13.1. The predicted octanol–water partition coefficient (Wildman–Crippen LogP) is 3.31. The smallest absolute Gasteiger partial charge is 0.416 e. The summed E-state index contributed by atoms with van der Waals surface area (Å²) in [5.41, 5.74) is 6.49. The van der Waals surface area contributed by atoms with E-state index in [-0.39, 0.29) is 18.8 Å². The highest BCUT2D eigenvalue weighted by molar-refractivity contribution is 5.91. The number of carboxylic acids is 1. The van der Waals surface area contributed by atoms with Crippen molar-refractivity contribution in [3.05, 3.63) is 71.3 Å². The number of aliphatic carboxylic acids is 1. The molecular weight excluding hydrogens is 475 g/mol. The Kier molecular flexibility index (Phi) is 10.5. The highest BCUT2D eigenvalue weighted by Gasteiger charge is 2.31. The van der Waals surface area contributed by atoms with Crippen molar-refractivity contribution in [2.24, 2.45) is 11.7 Å². The zero-order valence-corrected chi connectivity index (χ0v) is 20.2. The number of aryl methyl sites for hydroxylation is 1. The second-order valence-corrected chi connectivity index (χ2v) is 9.12. The fourth-order valence-electron chi connectivity index (χ4n) is 3.62. The van der Waals surface area contributed by atoms with Crippen LogP contribution in [0.4, 0.5) is 13.2 Å². The molecule has 2 aromatic rings. The third-order valence-corrected chi connectivity index (χ3v) is 5.60. The van der Waals surface area contributed by atoms with E-state index in [0.717, 1.165) is 17.7 Å². The van der Waals surface area contributed by atoms with E-state index in [1.54, 1.807) is 0 Å². The standard InChI is InChI=1S/C26H32F3N3O4/c1-16(2)14-21(31-23(33)20(30)13-10-17-6-4-3-5-7-17)24(34)32-22(25(35)36)15-18-8-11-19(12-9-18)26(27,28)29/h3-9,11-12,16,20-22H,10,13-15,30H2,1-2H3,(H,31,33)(H,32,34)(H,35,36)/t20-,21-,22-/m0/s1. The lowest BCUT2D eigenvalue weighted by Gasteiger charge is -2.24. The third kappa shape index (κ3) is 9.33. The van der Waals surface area contributed by atoms with Crippen LogP contribution < -0.4 is 16.4 Å². The van der Waals surface area contributed by atoms with Gasteiger partial charge in [0, 0.05) is 6.42 Å². The molecule has 196 valence electrons. The van der Waals surface area contributed by atoms with Crippen LogP contribution in [0.25, 0.3) is 0 Å². The Morgan fingerprint density at radius 2 is 1.47 bits per heavy atom. The van der Waals surface area contributed by atoms with Crippen LogP contribution in [0.2, 0.25) is 0 Å². The first-order valence-corrected chi connectivity index (χ1v) is 11.7. The first-order valence-electron chi connectivity index (χ1n) is 11.7. The van der Waals surface area contributed by atoms with Gasteiger partial charge in [0.25, 0.3) is 0 Å². The number of hydrogen-bond acceptors (Lipinski definition) is 4. The van der Waals surface area contributed by atoms with E-state index in [1.807, 2.05) is 44.2 Å². The summed E-state index contributed by atoms with van der Waals surface area (Å²) in [5.74, 6) is -2.58. The van der Waals surface area contributed by atoms with Gasteiger partial charge in [-0.25, -0.2) is 4.79 Å². The number of carbonyl (C=O) groups excluding carboxylic acids is 2. The molecule has 2 amide bonds. The molecule has 0 aliphatic rings. The molecule has 0 saturated carbocycles. The Labute approximate surface area is 208 Å². The van der Waals surface area contributed by atoms with Crippen LogP contribution in [0.5, 0.6) is 0 Å². The van der Waals surface area contributed by atoms with E-state index in [9.17, 15) is 32.7 Å². The topological polar surface area (TPSA) is 122 Å². The summed E-state index contributed by atoms with van der Waals surface area (Å²) in [4.78, 5) is 37.3. The molecule has 0 bridgehead atoms. The SMILES string of the molecule is CC(C)C[C@H](NC(=O)[C@@H](N)CCc1ccccc1)C(=O)N[C@@H](Cc1ccc(C(F)(F)F)cc1)C(=O)O. The molecule has 7 nitrogen and oxygen atoms in total. The molecule has 2 aromatic carbocycles. The molecule has 0 fully saturated rings. The zero-order chi connectivity index (χ0) is 26.9. The maximum Gasteiger partial charge on any atom is 0.416 e. The lowest BCUT2D eigenvalue weighted by Crippen LogP contribution is -2.55. The van der Waals surface area contributed by atoms with Crippen molar-refractivity contribution >= 4 is 17.8 Å². The zero-order valence-electron chi connectivity index (χ0n) is 20.2. The van der Waals surface area contributed by atoms with E-state index < -0.39 is 47.6 Å². The van der Waals surface area contributed by atoms with Gasteiger partial charge >= 0.3 is 12.1 Å². The van der Waals surface area contributed by atoms with Crippen LogP contribution in [0.15, 0.2) is 54.6 Å². The average molecular weight is 508 g/mol. The average Bonchev–Trinajstić information content (AvgIpc) is 2.81. The molecule has 10 heteroatoms. The molecule has 3 atom stereocenters. The van der Waals surface area contributed by atoms with Gasteiger partial charge in [-0.3, -0.25) is 9.59 Å². The van der Waals surface area contributed by atoms with E-state index in [2.05, 4.69) is 10.6 Å². The minimum absolute atomic E-state index is 0.000200. The largest absolute Gasteiger partial charge is 0.480 e. The maximum atomic E-state index is 12.9. The maximum absolute atomic E-state index is 12.9. The number of benzene rings is 2. The van der Waals surface area contributed by atoms with E-state index in [4.69, 9.17) is 5.73 Å². The molecule has 0 radical (unpaired) electrons. The number of hydrogen-bond donors (Lipinski definition) is 4. The summed E-state index contributed by atoms with van der Waals surface area (Å²) >= 11 is 0. The van der Waals surface area contributed by atoms with Gasteiger partial charge in [0.2, 0.25) is 11.8 Å². The summed E-state index contributed by atoms with van der Waals surface area (Å²) < 4.78 is 38.3. The Morgan fingerprint density at radius 1 is 0.889 bits per heavy atom. The minimum atomic E-state index is -4.51. The molecule has 0 aromatic heterocycles. The van der Waals surface area contributed by atoms with E-state index in [0.29, 0.717) is 18.4 Å². The van der Waals surface area contributed by atoms with Gasteiger partial charge in [-0.1, -0.05) is 56.3 Å². The number of carbonyl (C=O) groups is 3. The fraction of sp³-hybridized carbons (Fsp3) is 0.423. The van der Waals surface area contributed by atoms with Crippen molar-refractivity contribution in [1.82, 2.24) is 10.6 Å². The molecule has 0 spiro atoms. The minimum Gasteiger partial charge on any atom is -0.480 e. The first kappa shape index (κ1) is 28.8. The molecule has 0 aliphatic heterocycles. The monoisotopic (exact) mass is 507 g/mol. The third-order valence-electron chi connectivity index (χ3n) is 5.60. The van der Waals surface area contributed by atoms with Gasteiger partial charge in [-0.15, -0.1) is 0 Å². The second-order valence-electron chi connectivity index (χ2n) is 9.12. The number of amides is 2. The molecule has 0 unspecified atom stereocenters.